The molecular formula is C60H115NO5. The number of unbranched alkanes of at least 4 members (excludes halogenated alkanes) is 42. The smallest absolute Gasteiger partial charge is 0.305 e. The Morgan fingerprint density at radius 1 is 0.409 bits per heavy atom. The Hall–Kier alpha value is -1.66. The molecule has 0 radical (unpaired) electrons. The highest BCUT2D eigenvalue weighted by Crippen LogP contribution is 2.17. The van der Waals surface area contributed by atoms with Gasteiger partial charge in [0.1, 0.15) is 0 Å². The number of aliphatic hydroxyl groups is 2. The van der Waals surface area contributed by atoms with Crippen LogP contribution in [0.5, 0.6) is 0 Å². The van der Waals surface area contributed by atoms with E-state index < -0.39 is 12.1 Å². The summed E-state index contributed by atoms with van der Waals surface area (Å²) in [7, 11) is 0. The summed E-state index contributed by atoms with van der Waals surface area (Å²) in [5.41, 5.74) is 0. The third-order valence-electron chi connectivity index (χ3n) is 13.7. The van der Waals surface area contributed by atoms with Crippen LogP contribution in [0.3, 0.4) is 0 Å². The van der Waals surface area contributed by atoms with Crippen molar-refractivity contribution >= 4 is 11.9 Å². The van der Waals surface area contributed by atoms with Crippen molar-refractivity contribution < 1.29 is 24.5 Å². The molecule has 0 fully saturated rings. The van der Waals surface area contributed by atoms with E-state index in [4.69, 9.17) is 4.74 Å². The number of carbonyl (C=O) groups is 2. The Balaban J connectivity index is 3.51. The molecule has 0 aliphatic carbocycles. The van der Waals surface area contributed by atoms with Gasteiger partial charge in [0, 0.05) is 12.8 Å². The molecule has 66 heavy (non-hydrogen) atoms. The number of amides is 1. The fourth-order valence-corrected chi connectivity index (χ4v) is 9.16. The molecule has 390 valence electrons. The molecule has 0 aromatic carbocycles. The molecule has 0 saturated heterocycles. The molecular weight excluding hydrogens is 815 g/mol. The van der Waals surface area contributed by atoms with Gasteiger partial charge in [0.25, 0.3) is 0 Å². The second-order valence-corrected chi connectivity index (χ2v) is 20.3. The molecule has 6 nitrogen and oxygen atoms in total. The fraction of sp³-hybridized carbons (Fsp3) is 0.900. The average molecular weight is 931 g/mol. The van der Waals surface area contributed by atoms with Crippen LogP contribution in [0.15, 0.2) is 24.3 Å². The zero-order chi connectivity index (χ0) is 47.9. The van der Waals surface area contributed by atoms with Crippen LogP contribution in [-0.2, 0) is 14.3 Å². The van der Waals surface area contributed by atoms with Crippen LogP contribution in [0.25, 0.3) is 0 Å². The van der Waals surface area contributed by atoms with Crippen LogP contribution in [0, 0.1) is 0 Å². The summed E-state index contributed by atoms with van der Waals surface area (Å²) in [6.07, 6.45) is 67.7. The van der Waals surface area contributed by atoms with Crippen molar-refractivity contribution in [2.75, 3.05) is 13.2 Å². The minimum absolute atomic E-state index is 0.0199. The standard InChI is InChI=1S/C60H115NO5/c1-3-5-7-9-11-13-15-17-19-21-22-23-25-26-28-32-36-40-44-48-52-58(63)57(56-62)61-59(64)53-49-45-41-37-33-30-31-35-39-43-47-51-55-66-60(65)54-50-46-42-38-34-29-27-24-20-18-16-14-12-10-8-6-4-2/h31,35,48,52,57-58,62-63H,3-30,32-34,36-47,49-51,53-56H2,1-2H3,(H,61,64)/b35-31-,52-48+. The van der Waals surface area contributed by atoms with Gasteiger partial charge in [0.2, 0.25) is 5.91 Å². The van der Waals surface area contributed by atoms with Gasteiger partial charge in [0.05, 0.1) is 25.4 Å². The van der Waals surface area contributed by atoms with Crippen LogP contribution in [-0.4, -0.2) is 47.4 Å². The predicted octanol–water partition coefficient (Wildman–Crippen LogP) is 18.2. The summed E-state index contributed by atoms with van der Waals surface area (Å²) < 4.78 is 5.46. The first-order chi connectivity index (χ1) is 32.5. The second kappa shape index (κ2) is 55.9. The first-order valence-electron chi connectivity index (χ1n) is 29.6. The van der Waals surface area contributed by atoms with Gasteiger partial charge >= 0.3 is 5.97 Å². The summed E-state index contributed by atoms with van der Waals surface area (Å²) in [5.74, 6) is -0.111. The molecule has 0 aromatic rings. The third kappa shape index (κ3) is 51.7. The van der Waals surface area contributed by atoms with Crippen LogP contribution < -0.4 is 5.32 Å². The van der Waals surface area contributed by atoms with Gasteiger partial charge in [-0.05, 0) is 64.2 Å². The molecule has 6 heteroatoms. The summed E-state index contributed by atoms with van der Waals surface area (Å²) >= 11 is 0. The Bertz CT molecular complexity index is 1030. The van der Waals surface area contributed by atoms with Crippen LogP contribution in [0.1, 0.15) is 322 Å². The number of nitrogens with one attached hydrogen (secondary N) is 1. The number of rotatable bonds is 55. The second-order valence-electron chi connectivity index (χ2n) is 20.3. The molecule has 0 aromatic heterocycles. The van der Waals surface area contributed by atoms with Gasteiger partial charge in [0.15, 0.2) is 0 Å². The Kier molecular flexibility index (Phi) is 54.5. The lowest BCUT2D eigenvalue weighted by Crippen LogP contribution is -2.45. The summed E-state index contributed by atoms with van der Waals surface area (Å²) in [5, 5.41) is 23.1. The maximum absolute atomic E-state index is 12.5. The molecule has 0 aliphatic rings. The van der Waals surface area contributed by atoms with Crippen LogP contribution in [0.2, 0.25) is 0 Å². The van der Waals surface area contributed by atoms with E-state index in [0.29, 0.717) is 19.4 Å². The summed E-state index contributed by atoms with van der Waals surface area (Å²) in [4.78, 5) is 24.5. The van der Waals surface area contributed by atoms with Crippen LogP contribution in [0.4, 0.5) is 0 Å². The topological polar surface area (TPSA) is 95.9 Å². The van der Waals surface area contributed by atoms with E-state index in [2.05, 4.69) is 31.3 Å². The lowest BCUT2D eigenvalue weighted by Gasteiger charge is -2.20. The monoisotopic (exact) mass is 930 g/mol. The van der Waals surface area contributed by atoms with E-state index in [1.54, 1.807) is 6.08 Å². The SMILES string of the molecule is CCCCCCCCCCCCCCCCCCCC/C=C/C(O)C(CO)NC(=O)CCCCCCC/C=C\CCCCCOC(=O)CCCCCCCCCCCCCCCCCCC. The van der Waals surface area contributed by atoms with Gasteiger partial charge < -0.3 is 20.3 Å². The minimum Gasteiger partial charge on any atom is -0.466 e. The molecule has 2 unspecified atom stereocenters. The highest BCUT2D eigenvalue weighted by molar-refractivity contribution is 5.76. The van der Waals surface area contributed by atoms with Crippen molar-refractivity contribution in [3.63, 3.8) is 0 Å². The van der Waals surface area contributed by atoms with E-state index in [1.165, 1.54) is 218 Å². The molecule has 0 heterocycles. The quantitative estimate of drug-likeness (QED) is 0.0321. The fourth-order valence-electron chi connectivity index (χ4n) is 9.16. The first-order valence-corrected chi connectivity index (χ1v) is 29.6. The van der Waals surface area contributed by atoms with E-state index >= 15 is 0 Å². The highest BCUT2D eigenvalue weighted by Gasteiger charge is 2.18. The Morgan fingerprint density at radius 2 is 0.712 bits per heavy atom. The number of hydrogen-bond acceptors (Lipinski definition) is 5. The molecule has 3 N–H and O–H groups in total. The van der Waals surface area contributed by atoms with E-state index in [1.807, 2.05) is 6.08 Å². The van der Waals surface area contributed by atoms with Crippen molar-refractivity contribution in [2.24, 2.45) is 0 Å². The minimum atomic E-state index is -0.861. The molecule has 0 aliphatic heterocycles. The van der Waals surface area contributed by atoms with Gasteiger partial charge in [-0.1, -0.05) is 269 Å². The van der Waals surface area contributed by atoms with Gasteiger partial charge in [-0.2, -0.15) is 0 Å². The first kappa shape index (κ1) is 64.3. The third-order valence-corrected chi connectivity index (χ3v) is 13.7. The zero-order valence-corrected chi connectivity index (χ0v) is 44.4. The summed E-state index contributed by atoms with van der Waals surface area (Å²) in [6.45, 7) is 4.87. The van der Waals surface area contributed by atoms with E-state index in [-0.39, 0.29) is 18.5 Å². The van der Waals surface area contributed by atoms with Crippen molar-refractivity contribution in [1.29, 1.82) is 0 Å². The van der Waals surface area contributed by atoms with Gasteiger partial charge in [-0.25, -0.2) is 0 Å². The maximum atomic E-state index is 12.5. The zero-order valence-electron chi connectivity index (χ0n) is 44.4. The number of aliphatic hydroxyl groups excluding tert-OH is 2. The Labute approximate surface area is 411 Å². The molecule has 0 bridgehead atoms. The molecule has 1 amide bonds. The van der Waals surface area contributed by atoms with Crippen molar-refractivity contribution in [2.45, 2.75) is 334 Å². The lowest BCUT2D eigenvalue weighted by atomic mass is 10.0. The largest absolute Gasteiger partial charge is 0.466 e. The van der Waals surface area contributed by atoms with Crippen molar-refractivity contribution in [3.8, 4) is 0 Å². The van der Waals surface area contributed by atoms with Gasteiger partial charge in [-0.3, -0.25) is 9.59 Å². The number of ether oxygens (including phenoxy) is 1. The van der Waals surface area contributed by atoms with E-state index in [9.17, 15) is 19.8 Å². The number of esters is 1. The van der Waals surface area contributed by atoms with Crippen molar-refractivity contribution in [3.05, 3.63) is 24.3 Å². The summed E-state index contributed by atoms with van der Waals surface area (Å²) in [6, 6.07) is -0.647. The van der Waals surface area contributed by atoms with Crippen LogP contribution >= 0.6 is 0 Å². The molecule has 0 rings (SSSR count). The lowest BCUT2D eigenvalue weighted by molar-refractivity contribution is -0.143. The predicted molar refractivity (Wildman–Crippen MR) is 287 cm³/mol. The van der Waals surface area contributed by atoms with Crippen molar-refractivity contribution in [1.82, 2.24) is 5.32 Å². The number of allylic oxidation sites excluding steroid dienone is 3. The Morgan fingerprint density at radius 3 is 1.08 bits per heavy atom. The highest BCUT2D eigenvalue weighted by atomic mass is 16.5. The normalized spacial score (nSPS) is 12.7. The molecule has 2 atom stereocenters. The van der Waals surface area contributed by atoms with Gasteiger partial charge in [-0.15, -0.1) is 0 Å². The number of carbonyl (C=O) groups excluding carboxylic acids is 2. The number of hydrogen-bond donors (Lipinski definition) is 3. The molecule has 0 spiro atoms. The maximum Gasteiger partial charge on any atom is 0.305 e. The van der Waals surface area contributed by atoms with E-state index in [0.717, 1.165) is 77.0 Å². The average Bonchev–Trinajstić information content (AvgIpc) is 3.32. The molecule has 0 saturated carbocycles.